The molecule has 0 aromatic carbocycles. The third-order valence-electron chi connectivity index (χ3n) is 4.85. The van der Waals surface area contributed by atoms with Gasteiger partial charge in [0.05, 0.1) is 10.6 Å². The number of thiophene rings is 1. The van der Waals surface area contributed by atoms with E-state index in [1.54, 1.807) is 11.3 Å². The molecule has 3 rings (SSSR count). The summed E-state index contributed by atoms with van der Waals surface area (Å²) in [6, 6.07) is 3.71. The van der Waals surface area contributed by atoms with E-state index in [-0.39, 0.29) is 23.5 Å². The van der Waals surface area contributed by atoms with Crippen molar-refractivity contribution in [2.24, 2.45) is 0 Å². The number of nitrogens with two attached hydrogens (primary N) is 1. The number of nitrogen functional groups attached to an aromatic ring is 1. The number of hydrogen-bond acceptors (Lipinski definition) is 6. The third-order valence-corrected chi connectivity index (χ3v) is 6.22. The summed E-state index contributed by atoms with van der Waals surface area (Å²) in [6.07, 6.45) is 1.87. The Morgan fingerprint density at radius 1 is 1.50 bits per heavy atom. The fraction of sp³-hybridized carbons (Fsp3) is 0.500. The van der Waals surface area contributed by atoms with Gasteiger partial charge in [-0.3, -0.25) is 19.5 Å². The highest BCUT2D eigenvalue weighted by Gasteiger charge is 2.30. The third kappa shape index (κ3) is 3.96. The van der Waals surface area contributed by atoms with E-state index in [0.717, 1.165) is 24.3 Å². The van der Waals surface area contributed by atoms with E-state index in [0.29, 0.717) is 18.8 Å². The quantitative estimate of drug-likeness (QED) is 0.828. The largest absolute Gasteiger partial charge is 0.369 e. The first-order valence-electron chi connectivity index (χ1n) is 8.82. The average Bonchev–Trinajstić information content (AvgIpc) is 3.20. The van der Waals surface area contributed by atoms with Crippen LogP contribution in [-0.4, -0.2) is 51.9 Å². The Kier molecular flexibility index (Phi) is 5.43. The molecular weight excluding hydrogens is 350 g/mol. The standard InChI is InChI=1S/C18H25N5O2S/c1-4-14-11(2)7-15(26-14)17(25)23-6-5-13(10-23)22(3)9-12-8-16(24)21-18(19)20-12/h7-8,13H,4-6,9-10H2,1-3H3,(H3,19,20,21,24). The number of likely N-dealkylation sites (N-methyl/N-ethyl adjacent to an activating group) is 1. The van der Waals surface area contributed by atoms with Gasteiger partial charge in [0.25, 0.3) is 11.5 Å². The number of carbonyl (C=O) groups is 1. The Bertz CT molecular complexity index is 860. The summed E-state index contributed by atoms with van der Waals surface area (Å²) in [5.74, 6) is 0.246. The van der Waals surface area contributed by atoms with Gasteiger partial charge in [-0.25, -0.2) is 4.98 Å². The molecule has 0 spiro atoms. The molecule has 1 fully saturated rings. The van der Waals surface area contributed by atoms with Gasteiger partial charge < -0.3 is 10.6 Å². The highest BCUT2D eigenvalue weighted by atomic mass is 32.1. The number of nitrogens with one attached hydrogen (secondary N) is 1. The number of amides is 1. The molecule has 1 saturated heterocycles. The zero-order valence-corrected chi connectivity index (χ0v) is 16.2. The van der Waals surface area contributed by atoms with Crippen molar-refractivity contribution in [2.45, 2.75) is 39.3 Å². The van der Waals surface area contributed by atoms with Crippen LogP contribution in [-0.2, 0) is 13.0 Å². The Morgan fingerprint density at radius 2 is 2.27 bits per heavy atom. The summed E-state index contributed by atoms with van der Waals surface area (Å²) in [4.78, 5) is 37.1. The molecule has 3 N–H and O–H groups in total. The Labute approximate surface area is 156 Å². The van der Waals surface area contributed by atoms with Crippen molar-refractivity contribution in [3.8, 4) is 0 Å². The number of aromatic amines is 1. The lowest BCUT2D eigenvalue weighted by molar-refractivity contribution is 0.0784. The summed E-state index contributed by atoms with van der Waals surface area (Å²) in [7, 11) is 1.99. The second-order valence-corrected chi connectivity index (χ2v) is 7.94. The maximum atomic E-state index is 12.8. The van der Waals surface area contributed by atoms with E-state index < -0.39 is 0 Å². The van der Waals surface area contributed by atoms with Crippen molar-refractivity contribution < 1.29 is 4.79 Å². The molecule has 2 aromatic heterocycles. The second-order valence-electron chi connectivity index (χ2n) is 6.80. The second kappa shape index (κ2) is 7.59. The molecule has 8 heteroatoms. The van der Waals surface area contributed by atoms with Gasteiger partial charge in [0.1, 0.15) is 0 Å². The van der Waals surface area contributed by atoms with E-state index in [4.69, 9.17) is 5.73 Å². The van der Waals surface area contributed by atoms with Gasteiger partial charge in [-0.1, -0.05) is 6.92 Å². The van der Waals surface area contributed by atoms with Crippen molar-refractivity contribution in [3.63, 3.8) is 0 Å². The van der Waals surface area contributed by atoms with Crippen molar-refractivity contribution in [2.75, 3.05) is 25.9 Å². The summed E-state index contributed by atoms with van der Waals surface area (Å²) in [5.41, 5.74) is 7.20. The van der Waals surface area contributed by atoms with Crippen LogP contribution in [0.1, 0.15) is 39.2 Å². The molecule has 0 saturated carbocycles. The number of nitrogens with zero attached hydrogens (tertiary/aromatic N) is 3. The number of anilines is 1. The molecule has 7 nitrogen and oxygen atoms in total. The van der Waals surface area contributed by atoms with Crippen LogP contribution in [0.4, 0.5) is 5.95 Å². The first-order valence-corrected chi connectivity index (χ1v) is 9.63. The molecule has 0 bridgehead atoms. The topological polar surface area (TPSA) is 95.3 Å². The molecule has 1 unspecified atom stereocenters. The smallest absolute Gasteiger partial charge is 0.263 e. The van der Waals surface area contributed by atoms with Crippen LogP contribution in [0.15, 0.2) is 16.9 Å². The lowest BCUT2D eigenvalue weighted by Gasteiger charge is -2.24. The van der Waals surface area contributed by atoms with E-state index >= 15 is 0 Å². The molecule has 0 radical (unpaired) electrons. The van der Waals surface area contributed by atoms with Crippen LogP contribution < -0.4 is 11.3 Å². The molecule has 1 aliphatic rings. The van der Waals surface area contributed by atoms with E-state index in [1.165, 1.54) is 16.5 Å². The highest BCUT2D eigenvalue weighted by molar-refractivity contribution is 7.14. The van der Waals surface area contributed by atoms with Crippen molar-refractivity contribution >= 4 is 23.2 Å². The van der Waals surface area contributed by atoms with Gasteiger partial charge in [-0.2, -0.15) is 0 Å². The van der Waals surface area contributed by atoms with Crippen molar-refractivity contribution in [1.82, 2.24) is 19.8 Å². The van der Waals surface area contributed by atoms with Crippen LogP contribution in [0.5, 0.6) is 0 Å². The number of hydrogen-bond donors (Lipinski definition) is 2. The number of H-pyrrole nitrogens is 1. The SMILES string of the molecule is CCc1sc(C(=O)N2CCC(N(C)Cc3cc(=O)[nH]c(N)n3)C2)cc1C. The van der Waals surface area contributed by atoms with Gasteiger partial charge in [0, 0.05) is 36.6 Å². The summed E-state index contributed by atoms with van der Waals surface area (Å²) in [6.45, 7) is 6.14. The van der Waals surface area contributed by atoms with E-state index in [9.17, 15) is 9.59 Å². The normalized spacial score (nSPS) is 17.2. The lowest BCUT2D eigenvalue weighted by atomic mass is 10.2. The molecule has 140 valence electrons. The zero-order valence-electron chi connectivity index (χ0n) is 15.4. The van der Waals surface area contributed by atoms with Gasteiger partial charge in [-0.15, -0.1) is 11.3 Å². The summed E-state index contributed by atoms with van der Waals surface area (Å²) in [5, 5.41) is 0. The number of carbonyl (C=O) groups excluding carboxylic acids is 1. The molecule has 1 amide bonds. The predicted octanol–water partition coefficient (Wildman–Crippen LogP) is 1.63. The number of aromatic nitrogens is 2. The molecule has 2 aromatic rings. The number of likely N-dealkylation sites (tertiary alicyclic amines) is 1. The Balaban J connectivity index is 1.63. The first kappa shape index (κ1) is 18.6. The Morgan fingerprint density at radius 3 is 2.92 bits per heavy atom. The predicted molar refractivity (Wildman–Crippen MR) is 103 cm³/mol. The minimum atomic E-state index is -0.246. The monoisotopic (exact) mass is 375 g/mol. The Hall–Kier alpha value is -2.19. The molecule has 1 aliphatic heterocycles. The molecule has 3 heterocycles. The zero-order chi connectivity index (χ0) is 18.8. The van der Waals surface area contributed by atoms with Crippen LogP contribution in [0.25, 0.3) is 0 Å². The van der Waals surface area contributed by atoms with Crippen LogP contribution in [0, 0.1) is 6.92 Å². The lowest BCUT2D eigenvalue weighted by Crippen LogP contribution is -2.36. The van der Waals surface area contributed by atoms with Gasteiger partial charge in [0.15, 0.2) is 0 Å². The van der Waals surface area contributed by atoms with E-state index in [2.05, 4.69) is 28.7 Å². The van der Waals surface area contributed by atoms with Crippen LogP contribution in [0.3, 0.4) is 0 Å². The molecule has 1 atom stereocenters. The summed E-state index contributed by atoms with van der Waals surface area (Å²) >= 11 is 1.60. The van der Waals surface area contributed by atoms with Gasteiger partial charge in [0.2, 0.25) is 5.95 Å². The molecule has 26 heavy (non-hydrogen) atoms. The molecular formula is C18H25N5O2S. The van der Waals surface area contributed by atoms with Crippen LogP contribution in [0.2, 0.25) is 0 Å². The minimum absolute atomic E-state index is 0.118. The fourth-order valence-electron chi connectivity index (χ4n) is 3.41. The maximum absolute atomic E-state index is 12.8. The number of rotatable bonds is 5. The maximum Gasteiger partial charge on any atom is 0.263 e. The minimum Gasteiger partial charge on any atom is -0.369 e. The fourth-order valence-corrected chi connectivity index (χ4v) is 4.49. The average molecular weight is 375 g/mol. The highest BCUT2D eigenvalue weighted by Crippen LogP contribution is 2.26. The number of aryl methyl sites for hydroxylation is 2. The first-order chi connectivity index (χ1) is 12.4. The van der Waals surface area contributed by atoms with Gasteiger partial charge >= 0.3 is 0 Å². The summed E-state index contributed by atoms with van der Waals surface area (Å²) < 4.78 is 0. The van der Waals surface area contributed by atoms with Crippen LogP contribution >= 0.6 is 11.3 Å². The molecule has 0 aliphatic carbocycles. The van der Waals surface area contributed by atoms with Gasteiger partial charge in [-0.05, 0) is 38.4 Å². The van der Waals surface area contributed by atoms with E-state index in [1.807, 2.05) is 18.0 Å². The van der Waals surface area contributed by atoms with Crippen molar-refractivity contribution in [3.05, 3.63) is 43.5 Å². The van der Waals surface area contributed by atoms with Crippen molar-refractivity contribution in [1.29, 1.82) is 0 Å².